The van der Waals surface area contributed by atoms with Crippen molar-refractivity contribution in [2.24, 2.45) is 0 Å². The normalized spacial score (nSPS) is 12.4. The number of carbonyl (C=O) groups excluding carboxylic acids is 1. The van der Waals surface area contributed by atoms with Crippen LogP contribution in [0.5, 0.6) is 0 Å². The van der Waals surface area contributed by atoms with Crippen LogP contribution in [-0.2, 0) is 20.0 Å². The number of halogens is 1. The van der Waals surface area contributed by atoms with Crippen LogP contribution in [0.1, 0.15) is 24.2 Å². The molecule has 2 rings (SSSR count). The minimum Gasteiger partial charge on any atom is -0.321 e. The highest BCUT2D eigenvalue weighted by molar-refractivity contribution is 7.89. The highest BCUT2D eigenvalue weighted by atomic mass is 35.5. The second-order valence-electron chi connectivity index (χ2n) is 6.50. The molecule has 0 atom stereocenters. The van der Waals surface area contributed by atoms with Gasteiger partial charge >= 0.3 is 0 Å². The maximum Gasteiger partial charge on any atom is 0.255 e. The number of hydrogen-bond acceptors (Lipinski definition) is 5. The lowest BCUT2D eigenvalue weighted by molar-refractivity contribution is 0.102. The number of hydrogen-bond donors (Lipinski definition) is 1. The van der Waals surface area contributed by atoms with Gasteiger partial charge < -0.3 is 5.32 Å². The number of nitrogens with zero attached hydrogens (tertiary/aromatic N) is 2. The summed E-state index contributed by atoms with van der Waals surface area (Å²) < 4.78 is 52.1. The van der Waals surface area contributed by atoms with Crippen LogP contribution in [-0.4, -0.2) is 58.5 Å². The first-order valence-corrected chi connectivity index (χ1v) is 12.3. The van der Waals surface area contributed by atoms with Crippen molar-refractivity contribution in [1.29, 1.82) is 0 Å². The van der Waals surface area contributed by atoms with Crippen molar-refractivity contribution < 1.29 is 21.6 Å². The Hall–Kier alpha value is -1.98. The maximum absolute atomic E-state index is 12.7. The molecule has 0 heterocycles. The fraction of sp³-hybridized carbons (Fsp3) is 0.316. The molecule has 0 aliphatic carbocycles. The predicted molar refractivity (Wildman–Crippen MR) is 117 cm³/mol. The van der Waals surface area contributed by atoms with Gasteiger partial charge in [0, 0.05) is 32.7 Å². The summed E-state index contributed by atoms with van der Waals surface area (Å²) in [5.41, 5.74) is 0.334. The number of benzene rings is 2. The molecule has 0 aliphatic rings. The number of nitrogens with one attached hydrogen (secondary N) is 1. The molecule has 8 nitrogen and oxygen atoms in total. The fourth-order valence-corrected chi connectivity index (χ4v) is 5.21. The third-order valence-electron chi connectivity index (χ3n) is 4.42. The van der Waals surface area contributed by atoms with Gasteiger partial charge in [-0.3, -0.25) is 4.79 Å². The first-order valence-electron chi connectivity index (χ1n) is 9.08. The Balaban J connectivity index is 2.31. The van der Waals surface area contributed by atoms with E-state index in [0.29, 0.717) is 13.1 Å². The molecule has 0 fully saturated rings. The van der Waals surface area contributed by atoms with E-state index in [-0.39, 0.29) is 26.1 Å². The molecular weight excluding hydrogens is 450 g/mol. The van der Waals surface area contributed by atoms with Gasteiger partial charge in [0.1, 0.15) is 0 Å². The molecule has 0 bridgehead atoms. The van der Waals surface area contributed by atoms with E-state index >= 15 is 0 Å². The van der Waals surface area contributed by atoms with Gasteiger partial charge in [0.05, 0.1) is 20.5 Å². The third-order valence-corrected chi connectivity index (χ3v) is 8.63. The number of anilines is 1. The topological polar surface area (TPSA) is 104 Å². The minimum absolute atomic E-state index is 0.0123. The zero-order valence-electron chi connectivity index (χ0n) is 17.1. The van der Waals surface area contributed by atoms with Crippen molar-refractivity contribution in [2.45, 2.75) is 23.6 Å². The largest absolute Gasteiger partial charge is 0.321 e. The molecule has 0 saturated heterocycles. The van der Waals surface area contributed by atoms with E-state index in [1.165, 1.54) is 60.9 Å². The molecule has 164 valence electrons. The lowest BCUT2D eigenvalue weighted by atomic mass is 10.2. The second-order valence-corrected chi connectivity index (χ2v) is 11.0. The van der Waals surface area contributed by atoms with Crippen molar-refractivity contribution in [3.05, 3.63) is 53.1 Å². The van der Waals surface area contributed by atoms with Gasteiger partial charge in [0.2, 0.25) is 20.0 Å². The Bertz CT molecular complexity index is 1130. The van der Waals surface area contributed by atoms with E-state index in [4.69, 9.17) is 11.6 Å². The fourth-order valence-electron chi connectivity index (χ4n) is 2.66. The number of amides is 1. The molecule has 2 aromatic carbocycles. The summed E-state index contributed by atoms with van der Waals surface area (Å²) in [5, 5.41) is 2.76. The van der Waals surface area contributed by atoms with Gasteiger partial charge in [0.15, 0.2) is 0 Å². The Kier molecular flexibility index (Phi) is 7.64. The van der Waals surface area contributed by atoms with Gasteiger partial charge in [-0.05, 0) is 42.5 Å². The van der Waals surface area contributed by atoms with Gasteiger partial charge in [-0.25, -0.2) is 21.1 Å². The summed E-state index contributed by atoms with van der Waals surface area (Å²) in [7, 11) is -4.50. The molecule has 0 unspecified atom stereocenters. The maximum atomic E-state index is 12.7. The molecule has 2 aromatic rings. The molecule has 1 N–H and O–H groups in total. The summed E-state index contributed by atoms with van der Waals surface area (Å²) >= 11 is 6.14. The van der Waals surface area contributed by atoms with E-state index in [2.05, 4.69) is 5.32 Å². The van der Waals surface area contributed by atoms with Crippen molar-refractivity contribution >= 4 is 43.2 Å². The molecule has 0 spiro atoms. The Morgan fingerprint density at radius 2 is 1.43 bits per heavy atom. The Labute approximate surface area is 182 Å². The number of rotatable bonds is 8. The molecule has 0 aromatic heterocycles. The van der Waals surface area contributed by atoms with Crippen LogP contribution in [0.3, 0.4) is 0 Å². The van der Waals surface area contributed by atoms with Crippen molar-refractivity contribution in [3.63, 3.8) is 0 Å². The van der Waals surface area contributed by atoms with E-state index in [1.807, 2.05) is 0 Å². The van der Waals surface area contributed by atoms with E-state index in [9.17, 15) is 21.6 Å². The smallest absolute Gasteiger partial charge is 0.255 e. The summed E-state index contributed by atoms with van der Waals surface area (Å²) in [5.74, 6) is -0.553. The summed E-state index contributed by atoms with van der Waals surface area (Å²) in [4.78, 5) is 12.6. The standard InChI is InChI=1S/C19H24ClN3O5S2/c1-5-23(6-2)30(27,28)16-11-12-17(20)18(13-16)21-19(24)14-7-9-15(10-8-14)29(25,26)22(3)4/h7-13H,5-6H2,1-4H3,(H,21,24). The van der Waals surface area contributed by atoms with Gasteiger partial charge in [-0.2, -0.15) is 4.31 Å². The van der Waals surface area contributed by atoms with Crippen LogP contribution in [0.15, 0.2) is 52.3 Å². The van der Waals surface area contributed by atoms with E-state index in [0.717, 1.165) is 4.31 Å². The first-order chi connectivity index (χ1) is 13.9. The molecule has 30 heavy (non-hydrogen) atoms. The highest BCUT2D eigenvalue weighted by Crippen LogP contribution is 2.27. The molecule has 0 aliphatic heterocycles. The monoisotopic (exact) mass is 473 g/mol. The first kappa shape index (κ1) is 24.3. The predicted octanol–water partition coefficient (Wildman–Crippen LogP) is 2.87. The Morgan fingerprint density at radius 1 is 0.900 bits per heavy atom. The SMILES string of the molecule is CCN(CC)S(=O)(=O)c1ccc(Cl)c(NC(=O)c2ccc(S(=O)(=O)N(C)C)cc2)c1. The van der Waals surface area contributed by atoms with Crippen molar-refractivity contribution in [1.82, 2.24) is 8.61 Å². The molecular formula is C19H24ClN3O5S2. The summed E-state index contributed by atoms with van der Waals surface area (Å²) in [6, 6.07) is 9.48. The van der Waals surface area contributed by atoms with E-state index < -0.39 is 26.0 Å². The van der Waals surface area contributed by atoms with Gasteiger partial charge in [-0.15, -0.1) is 0 Å². The average molecular weight is 474 g/mol. The summed E-state index contributed by atoms with van der Waals surface area (Å²) in [6.07, 6.45) is 0. The zero-order valence-corrected chi connectivity index (χ0v) is 19.5. The highest BCUT2D eigenvalue weighted by Gasteiger charge is 2.23. The van der Waals surface area contributed by atoms with Crippen LogP contribution in [0.2, 0.25) is 5.02 Å². The quantitative estimate of drug-likeness (QED) is 0.634. The van der Waals surface area contributed by atoms with Crippen LogP contribution < -0.4 is 5.32 Å². The van der Waals surface area contributed by atoms with Crippen LogP contribution in [0.4, 0.5) is 5.69 Å². The number of carbonyl (C=O) groups is 1. The Morgan fingerprint density at radius 3 is 1.93 bits per heavy atom. The van der Waals surface area contributed by atoms with Crippen LogP contribution >= 0.6 is 11.6 Å². The zero-order chi connectivity index (χ0) is 22.7. The van der Waals surface area contributed by atoms with Gasteiger partial charge in [0.25, 0.3) is 5.91 Å². The number of sulfonamides is 2. The molecule has 0 saturated carbocycles. The minimum atomic E-state index is -3.72. The molecule has 1 amide bonds. The lowest BCUT2D eigenvalue weighted by Crippen LogP contribution is -2.30. The van der Waals surface area contributed by atoms with E-state index in [1.54, 1.807) is 13.8 Å². The van der Waals surface area contributed by atoms with Crippen LogP contribution in [0, 0.1) is 0 Å². The average Bonchev–Trinajstić information content (AvgIpc) is 2.70. The van der Waals surface area contributed by atoms with Gasteiger partial charge in [-0.1, -0.05) is 25.4 Å². The molecule has 11 heteroatoms. The second kappa shape index (κ2) is 9.44. The molecule has 0 radical (unpaired) electrons. The third kappa shape index (κ3) is 5.01. The van der Waals surface area contributed by atoms with Crippen LogP contribution in [0.25, 0.3) is 0 Å². The van der Waals surface area contributed by atoms with Crippen molar-refractivity contribution in [2.75, 3.05) is 32.5 Å². The van der Waals surface area contributed by atoms with Crippen molar-refractivity contribution in [3.8, 4) is 0 Å². The summed E-state index contributed by atoms with van der Waals surface area (Å²) in [6.45, 7) is 4.09. The lowest BCUT2D eigenvalue weighted by Gasteiger charge is -2.19.